The Morgan fingerprint density at radius 3 is 2.43 bits per heavy atom. The second kappa shape index (κ2) is 11.3. The predicted octanol–water partition coefficient (Wildman–Crippen LogP) is 5.25. The normalized spacial score (nSPS) is 12.4. The molecule has 1 amide bonds. The number of carboxylic acids is 1. The SMILES string of the molecule is CC[C@H](C)NS(=O)(=O)c1cc(NC(=O)c2ccccc2Cl)ccc1Oc1c(C)c(C(=O)O)nn1C(C)C. The van der Waals surface area contributed by atoms with Crippen LogP contribution in [-0.2, 0) is 10.0 Å². The molecule has 0 bridgehead atoms. The van der Waals surface area contributed by atoms with Crippen LogP contribution in [0.4, 0.5) is 5.69 Å². The number of ether oxygens (including phenoxy) is 1. The number of aromatic carboxylic acids is 1. The fourth-order valence-corrected chi connectivity index (χ4v) is 5.12. The van der Waals surface area contributed by atoms with E-state index in [0.29, 0.717) is 6.42 Å². The number of carboxylic acid groups (broad SMARTS) is 1. The first-order valence-electron chi connectivity index (χ1n) is 11.6. The van der Waals surface area contributed by atoms with Crippen LogP contribution in [0.2, 0.25) is 5.02 Å². The molecule has 0 unspecified atom stereocenters. The van der Waals surface area contributed by atoms with Gasteiger partial charge in [0.25, 0.3) is 5.91 Å². The lowest BCUT2D eigenvalue weighted by Gasteiger charge is -2.18. The fraction of sp³-hybridized carbons (Fsp3) is 0.320. The van der Waals surface area contributed by atoms with E-state index in [1.807, 2.05) is 6.92 Å². The molecule has 0 spiro atoms. The van der Waals surface area contributed by atoms with Gasteiger partial charge in [0, 0.05) is 17.3 Å². The number of nitrogens with zero attached hydrogens (tertiary/aromatic N) is 2. The third-order valence-corrected chi connectivity index (χ3v) is 7.51. The summed E-state index contributed by atoms with van der Waals surface area (Å²) in [6.45, 7) is 8.68. The van der Waals surface area contributed by atoms with Gasteiger partial charge < -0.3 is 15.2 Å². The average molecular weight is 549 g/mol. The lowest BCUT2D eigenvalue weighted by atomic mass is 10.2. The van der Waals surface area contributed by atoms with Crippen LogP contribution in [-0.4, -0.2) is 41.2 Å². The van der Waals surface area contributed by atoms with Crippen molar-refractivity contribution < 1.29 is 27.9 Å². The van der Waals surface area contributed by atoms with Crippen LogP contribution < -0.4 is 14.8 Å². The van der Waals surface area contributed by atoms with E-state index in [-0.39, 0.29) is 56.1 Å². The lowest BCUT2D eigenvalue weighted by Crippen LogP contribution is -2.32. The number of hydrogen-bond acceptors (Lipinski definition) is 6. The number of halogens is 1. The smallest absolute Gasteiger partial charge is 0.356 e. The molecule has 0 aliphatic carbocycles. The molecule has 12 heteroatoms. The molecule has 0 fully saturated rings. The van der Waals surface area contributed by atoms with E-state index >= 15 is 0 Å². The monoisotopic (exact) mass is 548 g/mol. The van der Waals surface area contributed by atoms with Gasteiger partial charge in [-0.15, -0.1) is 0 Å². The maximum absolute atomic E-state index is 13.4. The van der Waals surface area contributed by atoms with Crippen LogP contribution in [0.25, 0.3) is 0 Å². The van der Waals surface area contributed by atoms with Gasteiger partial charge in [0.2, 0.25) is 15.9 Å². The molecule has 3 N–H and O–H groups in total. The highest BCUT2D eigenvalue weighted by Crippen LogP contribution is 2.35. The summed E-state index contributed by atoms with van der Waals surface area (Å²) in [5, 5.41) is 16.5. The third kappa shape index (κ3) is 6.30. The molecule has 0 aliphatic heterocycles. The number of sulfonamides is 1. The molecule has 0 radical (unpaired) electrons. The van der Waals surface area contributed by atoms with Gasteiger partial charge >= 0.3 is 5.97 Å². The number of carbonyl (C=O) groups excluding carboxylic acids is 1. The number of benzene rings is 2. The molecule has 1 heterocycles. The summed E-state index contributed by atoms with van der Waals surface area (Å²) in [6, 6.07) is 9.98. The summed E-state index contributed by atoms with van der Waals surface area (Å²) in [7, 11) is -4.11. The highest BCUT2D eigenvalue weighted by atomic mass is 35.5. The first-order valence-corrected chi connectivity index (χ1v) is 13.4. The van der Waals surface area contributed by atoms with Crippen LogP contribution in [0, 0.1) is 6.92 Å². The van der Waals surface area contributed by atoms with Crippen LogP contribution in [0.3, 0.4) is 0 Å². The first-order chi connectivity index (χ1) is 17.4. The summed E-state index contributed by atoms with van der Waals surface area (Å²) in [5.74, 6) is -1.71. The molecular formula is C25H29ClN4O6S. The van der Waals surface area contributed by atoms with Gasteiger partial charge in [0.15, 0.2) is 5.69 Å². The Morgan fingerprint density at radius 1 is 1.16 bits per heavy atom. The summed E-state index contributed by atoms with van der Waals surface area (Å²) in [6.07, 6.45) is 0.541. The van der Waals surface area contributed by atoms with E-state index < -0.39 is 21.9 Å². The molecule has 10 nitrogen and oxygen atoms in total. The van der Waals surface area contributed by atoms with Crippen molar-refractivity contribution in [1.29, 1.82) is 0 Å². The van der Waals surface area contributed by atoms with Gasteiger partial charge in [-0.1, -0.05) is 30.7 Å². The molecule has 1 aromatic heterocycles. The van der Waals surface area contributed by atoms with Crippen molar-refractivity contribution in [2.45, 2.75) is 58.0 Å². The summed E-state index contributed by atoms with van der Waals surface area (Å²) >= 11 is 6.12. The fourth-order valence-electron chi connectivity index (χ4n) is 3.42. The van der Waals surface area contributed by atoms with Gasteiger partial charge in [0.1, 0.15) is 10.6 Å². The zero-order valence-corrected chi connectivity index (χ0v) is 22.6. The van der Waals surface area contributed by atoms with Crippen LogP contribution in [0.15, 0.2) is 47.4 Å². The van der Waals surface area contributed by atoms with Gasteiger partial charge in [-0.25, -0.2) is 22.6 Å². The number of amides is 1. The van der Waals surface area contributed by atoms with Crippen molar-refractivity contribution >= 4 is 39.2 Å². The zero-order chi connectivity index (χ0) is 27.5. The number of aromatic nitrogens is 2. The van der Waals surface area contributed by atoms with Gasteiger partial charge in [-0.05, 0) is 64.4 Å². The van der Waals surface area contributed by atoms with Crippen LogP contribution >= 0.6 is 11.6 Å². The zero-order valence-electron chi connectivity index (χ0n) is 21.1. The number of hydrogen-bond donors (Lipinski definition) is 3. The van der Waals surface area contributed by atoms with E-state index in [2.05, 4.69) is 15.1 Å². The van der Waals surface area contributed by atoms with Gasteiger partial charge in [-0.3, -0.25) is 4.79 Å². The molecule has 1 atom stereocenters. The van der Waals surface area contributed by atoms with Crippen molar-refractivity contribution in [3.05, 3.63) is 64.3 Å². The summed E-state index contributed by atoms with van der Waals surface area (Å²) < 4.78 is 36.7. The highest BCUT2D eigenvalue weighted by molar-refractivity contribution is 7.89. The minimum Gasteiger partial charge on any atom is -0.476 e. The van der Waals surface area contributed by atoms with Gasteiger partial charge in [-0.2, -0.15) is 5.10 Å². The summed E-state index contributed by atoms with van der Waals surface area (Å²) in [4.78, 5) is 24.2. The first kappa shape index (κ1) is 28.2. The van der Waals surface area contributed by atoms with Crippen molar-refractivity contribution in [3.8, 4) is 11.6 Å². The molecule has 3 rings (SSSR count). The quantitative estimate of drug-likeness (QED) is 0.314. The van der Waals surface area contributed by atoms with E-state index in [0.717, 1.165) is 0 Å². The second-order valence-electron chi connectivity index (χ2n) is 8.75. The highest BCUT2D eigenvalue weighted by Gasteiger charge is 2.27. The Kier molecular flexibility index (Phi) is 8.62. The molecule has 0 saturated carbocycles. The Morgan fingerprint density at radius 2 is 1.84 bits per heavy atom. The topological polar surface area (TPSA) is 140 Å². The van der Waals surface area contributed by atoms with Crippen molar-refractivity contribution in [2.75, 3.05) is 5.32 Å². The predicted molar refractivity (Wildman–Crippen MR) is 140 cm³/mol. The Balaban J connectivity index is 2.10. The standard InChI is InChI=1S/C25H29ClN4O6S/c1-6-15(4)29-37(34,35)21-13-17(27-23(31)18-9-7-8-10-19(18)26)11-12-20(21)36-24-16(5)22(25(32)33)28-30(24)14(2)3/h7-15,29H,6H2,1-5H3,(H,27,31)(H,32,33)/t15-/m0/s1. The number of anilines is 1. The molecule has 198 valence electrons. The Labute approximate surface area is 220 Å². The minimum absolute atomic E-state index is 0.0617. The number of nitrogens with one attached hydrogen (secondary N) is 2. The van der Waals surface area contributed by atoms with Gasteiger partial charge in [0.05, 0.1) is 16.6 Å². The average Bonchev–Trinajstić information content (AvgIpc) is 3.16. The van der Waals surface area contributed by atoms with E-state index in [9.17, 15) is 23.1 Å². The third-order valence-electron chi connectivity index (χ3n) is 5.57. The molecule has 3 aromatic rings. The van der Waals surface area contributed by atoms with Crippen LogP contribution in [0.5, 0.6) is 11.6 Å². The molecular weight excluding hydrogens is 520 g/mol. The molecule has 0 saturated heterocycles. The van der Waals surface area contributed by atoms with Crippen molar-refractivity contribution in [1.82, 2.24) is 14.5 Å². The van der Waals surface area contributed by atoms with Crippen molar-refractivity contribution in [2.24, 2.45) is 0 Å². The van der Waals surface area contributed by atoms with E-state index in [4.69, 9.17) is 16.3 Å². The van der Waals surface area contributed by atoms with Crippen molar-refractivity contribution in [3.63, 3.8) is 0 Å². The number of carbonyl (C=O) groups is 2. The lowest BCUT2D eigenvalue weighted by molar-refractivity contribution is 0.0688. The molecule has 2 aromatic carbocycles. The Bertz CT molecular complexity index is 1430. The van der Waals surface area contributed by atoms with E-state index in [1.54, 1.807) is 45.0 Å². The van der Waals surface area contributed by atoms with Crippen LogP contribution in [0.1, 0.15) is 66.6 Å². The maximum Gasteiger partial charge on any atom is 0.356 e. The minimum atomic E-state index is -4.11. The number of rotatable bonds is 10. The largest absolute Gasteiger partial charge is 0.476 e. The molecule has 37 heavy (non-hydrogen) atoms. The Hall–Kier alpha value is -3.41. The molecule has 0 aliphatic rings. The maximum atomic E-state index is 13.4. The second-order valence-corrected chi connectivity index (χ2v) is 10.8. The summed E-state index contributed by atoms with van der Waals surface area (Å²) in [5.41, 5.74) is 0.469. The van der Waals surface area contributed by atoms with E-state index in [1.165, 1.54) is 29.8 Å².